The molecule has 0 aromatic carbocycles. The zero-order chi connectivity index (χ0) is 13.1. The van der Waals surface area contributed by atoms with Gasteiger partial charge in [-0.15, -0.1) is 5.10 Å². The van der Waals surface area contributed by atoms with Crippen molar-refractivity contribution in [2.45, 2.75) is 13.8 Å². The zero-order valence-corrected chi connectivity index (χ0v) is 10.7. The predicted octanol–water partition coefficient (Wildman–Crippen LogP) is 0.916. The van der Waals surface area contributed by atoms with Crippen LogP contribution in [0.2, 0.25) is 0 Å². The van der Waals surface area contributed by atoms with Crippen molar-refractivity contribution in [2.75, 3.05) is 31.7 Å². The van der Waals surface area contributed by atoms with Gasteiger partial charge >= 0.3 is 5.84 Å². The van der Waals surface area contributed by atoms with Gasteiger partial charge in [0.2, 0.25) is 5.95 Å². The number of carbonyl (C=O) groups is 1. The zero-order valence-electron chi connectivity index (χ0n) is 10.7. The van der Waals surface area contributed by atoms with Gasteiger partial charge in [0.25, 0.3) is 0 Å². The molecule has 0 bridgehead atoms. The van der Waals surface area contributed by atoms with E-state index in [9.17, 15) is 4.79 Å². The van der Waals surface area contributed by atoms with Crippen LogP contribution in [0.1, 0.15) is 23.2 Å². The molecule has 0 unspecified atom stereocenters. The van der Waals surface area contributed by atoms with Crippen LogP contribution in [0, 0.1) is 6.92 Å². The number of oxazole rings is 1. The molecule has 2 heterocycles. The molecule has 0 saturated heterocycles. The second-order valence-corrected chi connectivity index (χ2v) is 3.89. The number of fused-ring (bicyclic) bond motifs is 1. The summed E-state index contributed by atoms with van der Waals surface area (Å²) in [6.07, 6.45) is 0.657. The van der Waals surface area contributed by atoms with Crippen molar-refractivity contribution in [2.24, 2.45) is 0 Å². The number of anilines is 1. The third kappa shape index (κ3) is 2.21. The van der Waals surface area contributed by atoms with E-state index in [0.29, 0.717) is 43.5 Å². The topological polar surface area (TPSA) is 72.9 Å². The minimum Gasteiger partial charge on any atom is -0.419 e. The molecule has 0 fully saturated rings. The molecular formula is C11H16N4O3. The average Bonchev–Trinajstić information content (AvgIpc) is 2.89. The Morgan fingerprint density at radius 2 is 2.33 bits per heavy atom. The van der Waals surface area contributed by atoms with Gasteiger partial charge in [0.1, 0.15) is 0 Å². The molecule has 0 aliphatic heterocycles. The first-order valence-corrected chi connectivity index (χ1v) is 5.77. The molecule has 2 aromatic rings. The summed E-state index contributed by atoms with van der Waals surface area (Å²) in [5.41, 5.74) is 0.650. The lowest BCUT2D eigenvalue weighted by atomic mass is 10.4. The number of rotatable bonds is 6. The van der Waals surface area contributed by atoms with Crippen LogP contribution in [0.25, 0.3) is 5.84 Å². The quantitative estimate of drug-likeness (QED) is 0.562. The normalized spacial score (nSPS) is 11.1. The van der Waals surface area contributed by atoms with E-state index in [-0.39, 0.29) is 5.76 Å². The van der Waals surface area contributed by atoms with Crippen molar-refractivity contribution >= 4 is 18.1 Å². The highest BCUT2D eigenvalue weighted by Gasteiger charge is 2.16. The van der Waals surface area contributed by atoms with Crippen molar-refractivity contribution in [3.8, 4) is 0 Å². The number of ether oxygens (including phenoxy) is 1. The van der Waals surface area contributed by atoms with E-state index in [0.717, 1.165) is 0 Å². The molecule has 7 heteroatoms. The summed E-state index contributed by atoms with van der Waals surface area (Å²) >= 11 is 0. The van der Waals surface area contributed by atoms with Gasteiger partial charge < -0.3 is 14.1 Å². The van der Waals surface area contributed by atoms with Gasteiger partial charge in [-0.25, -0.2) is 0 Å². The molecule has 0 N–H and O–H groups in total. The second-order valence-electron chi connectivity index (χ2n) is 3.89. The van der Waals surface area contributed by atoms with Crippen molar-refractivity contribution in [1.29, 1.82) is 0 Å². The number of hydrogen-bond acceptors (Lipinski definition) is 6. The highest BCUT2D eigenvalue weighted by molar-refractivity contribution is 5.73. The smallest absolute Gasteiger partial charge is 0.327 e. The first-order valence-electron chi connectivity index (χ1n) is 5.77. The number of nitrogens with zero attached hydrogens (tertiary/aromatic N) is 4. The second kappa shape index (κ2) is 5.18. The molecule has 0 saturated carbocycles. The highest BCUT2D eigenvalue weighted by Crippen LogP contribution is 2.15. The molecule has 7 nitrogen and oxygen atoms in total. The lowest BCUT2D eigenvalue weighted by Gasteiger charge is -2.13. The van der Waals surface area contributed by atoms with Crippen LogP contribution in [0.4, 0.5) is 5.95 Å². The number of aromatic nitrogens is 3. The third-order valence-corrected chi connectivity index (χ3v) is 2.67. The molecule has 0 atom stereocenters. The average molecular weight is 252 g/mol. The summed E-state index contributed by atoms with van der Waals surface area (Å²) in [4.78, 5) is 16.8. The maximum absolute atomic E-state index is 10.7. The Bertz CT molecular complexity index is 546. The van der Waals surface area contributed by atoms with Crippen LogP contribution in [0.5, 0.6) is 0 Å². The standard InChI is InChI=1S/C11H16N4O3/c1-4-17-6-5-14(3)10-12-11-15(13-10)8(2)9(7-16)18-11/h7H,4-6H2,1-3H3. The van der Waals surface area contributed by atoms with Crippen molar-refractivity contribution < 1.29 is 13.9 Å². The fourth-order valence-corrected chi connectivity index (χ4v) is 1.57. The van der Waals surface area contributed by atoms with Crippen LogP contribution in [0.3, 0.4) is 0 Å². The van der Waals surface area contributed by atoms with Crippen LogP contribution in [-0.4, -0.2) is 47.7 Å². The van der Waals surface area contributed by atoms with Gasteiger partial charge in [-0.05, 0) is 13.8 Å². The molecule has 98 valence electrons. The molecule has 0 aliphatic rings. The third-order valence-electron chi connectivity index (χ3n) is 2.67. The van der Waals surface area contributed by atoms with Crippen molar-refractivity contribution in [3.05, 3.63) is 11.5 Å². The largest absolute Gasteiger partial charge is 0.419 e. The Balaban J connectivity index is 2.17. The lowest BCUT2D eigenvalue weighted by molar-refractivity contribution is 0.110. The summed E-state index contributed by atoms with van der Waals surface area (Å²) in [5.74, 6) is 1.13. The summed E-state index contributed by atoms with van der Waals surface area (Å²) in [7, 11) is 1.88. The first kappa shape index (κ1) is 12.6. The Hall–Kier alpha value is -1.89. The SMILES string of the molecule is CCOCCN(C)c1nc2oc(C=O)c(C)n2n1. The van der Waals surface area contributed by atoms with E-state index in [4.69, 9.17) is 9.15 Å². The predicted molar refractivity (Wildman–Crippen MR) is 65.1 cm³/mol. The summed E-state index contributed by atoms with van der Waals surface area (Å²) < 4.78 is 12.1. The van der Waals surface area contributed by atoms with Crippen LogP contribution in [0.15, 0.2) is 4.42 Å². The number of hydrogen-bond donors (Lipinski definition) is 0. The summed E-state index contributed by atoms with van der Waals surface area (Å²) in [6, 6.07) is 0. The van der Waals surface area contributed by atoms with Gasteiger partial charge in [0.15, 0.2) is 12.0 Å². The Labute approximate surface area is 104 Å². The maximum Gasteiger partial charge on any atom is 0.327 e. The molecular weight excluding hydrogens is 236 g/mol. The monoisotopic (exact) mass is 252 g/mol. The molecule has 2 aromatic heterocycles. The van der Waals surface area contributed by atoms with Gasteiger partial charge in [0, 0.05) is 20.2 Å². The van der Waals surface area contributed by atoms with Gasteiger partial charge in [-0.2, -0.15) is 9.50 Å². The molecule has 18 heavy (non-hydrogen) atoms. The lowest BCUT2D eigenvalue weighted by Crippen LogP contribution is -2.23. The van der Waals surface area contributed by atoms with E-state index in [1.165, 1.54) is 4.52 Å². The Kier molecular flexibility index (Phi) is 3.61. The number of carbonyl (C=O) groups excluding carboxylic acids is 1. The molecule has 0 spiro atoms. The molecule has 0 aliphatic carbocycles. The highest BCUT2D eigenvalue weighted by atomic mass is 16.5. The Morgan fingerprint density at radius 1 is 1.56 bits per heavy atom. The van der Waals surface area contributed by atoms with E-state index in [1.54, 1.807) is 6.92 Å². The summed E-state index contributed by atoms with van der Waals surface area (Å²) in [5, 5.41) is 4.28. The Morgan fingerprint density at radius 3 is 2.94 bits per heavy atom. The molecule has 0 amide bonds. The van der Waals surface area contributed by atoms with Crippen LogP contribution >= 0.6 is 0 Å². The number of aryl methyl sites for hydroxylation is 1. The van der Waals surface area contributed by atoms with Crippen molar-refractivity contribution in [3.63, 3.8) is 0 Å². The maximum atomic E-state index is 10.7. The van der Waals surface area contributed by atoms with Crippen LogP contribution in [-0.2, 0) is 4.74 Å². The minimum atomic E-state index is 0.258. The van der Waals surface area contributed by atoms with Gasteiger partial charge in [0.05, 0.1) is 12.3 Å². The van der Waals surface area contributed by atoms with Gasteiger partial charge in [-0.1, -0.05) is 0 Å². The van der Waals surface area contributed by atoms with Gasteiger partial charge in [-0.3, -0.25) is 4.79 Å². The van der Waals surface area contributed by atoms with E-state index in [1.807, 2.05) is 18.9 Å². The summed E-state index contributed by atoms with van der Waals surface area (Å²) in [6.45, 7) is 5.71. The molecule has 2 rings (SSSR count). The fourth-order valence-electron chi connectivity index (χ4n) is 1.57. The minimum absolute atomic E-state index is 0.258. The first-order chi connectivity index (χ1) is 8.67. The fraction of sp³-hybridized carbons (Fsp3) is 0.545. The number of likely N-dealkylation sites (N-methyl/N-ethyl adjacent to an activating group) is 1. The van der Waals surface area contributed by atoms with Crippen molar-refractivity contribution in [1.82, 2.24) is 14.6 Å². The molecule has 0 radical (unpaired) electrons. The number of aldehydes is 1. The van der Waals surface area contributed by atoms with E-state index in [2.05, 4.69) is 10.1 Å². The van der Waals surface area contributed by atoms with E-state index < -0.39 is 0 Å². The van der Waals surface area contributed by atoms with Crippen LogP contribution < -0.4 is 4.90 Å². The van der Waals surface area contributed by atoms with E-state index >= 15 is 0 Å².